The Morgan fingerprint density at radius 2 is 1.39 bits per heavy atom. The molecule has 0 saturated carbocycles. The lowest BCUT2D eigenvalue weighted by Gasteiger charge is -2.32. The molecule has 150 valence electrons. The van der Waals surface area contributed by atoms with E-state index < -0.39 is 23.2 Å². The number of carbonyl (C=O) groups excluding carboxylic acids is 2. The van der Waals surface area contributed by atoms with E-state index >= 15 is 0 Å². The maximum atomic E-state index is 12.8. The molecule has 0 saturated heterocycles. The molecule has 2 rings (SSSR count). The second kappa shape index (κ2) is 9.40. The van der Waals surface area contributed by atoms with Crippen molar-refractivity contribution in [3.63, 3.8) is 0 Å². The molecule has 2 aromatic carbocycles. The van der Waals surface area contributed by atoms with Crippen LogP contribution in [0.4, 0.5) is 4.79 Å². The first-order chi connectivity index (χ1) is 13.2. The number of ether oxygens (including phenoxy) is 2. The van der Waals surface area contributed by atoms with E-state index in [1.54, 1.807) is 27.7 Å². The maximum Gasteiger partial charge on any atom is 0.408 e. The molecule has 1 N–H and O–H groups in total. The van der Waals surface area contributed by atoms with Crippen LogP contribution in [0.5, 0.6) is 0 Å². The van der Waals surface area contributed by atoms with Gasteiger partial charge in [0.05, 0.1) is 0 Å². The van der Waals surface area contributed by atoms with Gasteiger partial charge in [0, 0.05) is 0 Å². The van der Waals surface area contributed by atoms with Gasteiger partial charge < -0.3 is 14.8 Å². The molecule has 0 aliphatic heterocycles. The number of amides is 1. The van der Waals surface area contributed by atoms with Gasteiger partial charge in [-0.3, -0.25) is 0 Å². The Hall–Kier alpha value is -2.82. The third-order valence-corrected chi connectivity index (χ3v) is 4.20. The minimum atomic E-state index is -1.20. The van der Waals surface area contributed by atoms with Crippen LogP contribution in [0.2, 0.25) is 0 Å². The first kappa shape index (κ1) is 21.5. The van der Waals surface area contributed by atoms with Crippen LogP contribution in [0.3, 0.4) is 0 Å². The fourth-order valence-electron chi connectivity index (χ4n) is 2.63. The number of esters is 1. The van der Waals surface area contributed by atoms with Gasteiger partial charge >= 0.3 is 12.1 Å². The number of alkyl carbamates (subject to hydrolysis) is 1. The van der Waals surface area contributed by atoms with Crippen molar-refractivity contribution in [2.24, 2.45) is 0 Å². The number of benzene rings is 2. The summed E-state index contributed by atoms with van der Waals surface area (Å²) in [5, 5.41) is 2.72. The van der Waals surface area contributed by atoms with E-state index in [-0.39, 0.29) is 6.61 Å². The standard InChI is InChI=1S/C23H29NO4/c1-22(2,3)28-20(25)23(4,16-15-18-11-7-5-8-12-18)24-21(26)27-17-19-13-9-6-10-14-19/h5-14H,15-17H2,1-4H3,(H,24,26)/t23-/m1/s1. The first-order valence-electron chi connectivity index (χ1n) is 9.44. The summed E-state index contributed by atoms with van der Waals surface area (Å²) >= 11 is 0. The second-order valence-corrected chi connectivity index (χ2v) is 8.01. The summed E-state index contributed by atoms with van der Waals surface area (Å²) < 4.78 is 10.8. The molecule has 0 radical (unpaired) electrons. The van der Waals surface area contributed by atoms with Gasteiger partial charge in [0.1, 0.15) is 17.7 Å². The highest BCUT2D eigenvalue weighted by molar-refractivity contribution is 5.85. The van der Waals surface area contributed by atoms with E-state index in [2.05, 4.69) is 5.32 Å². The van der Waals surface area contributed by atoms with Crippen molar-refractivity contribution >= 4 is 12.1 Å². The Kier molecular flexibility index (Phi) is 7.21. The lowest BCUT2D eigenvalue weighted by Crippen LogP contribution is -2.54. The summed E-state index contributed by atoms with van der Waals surface area (Å²) in [6.45, 7) is 7.21. The van der Waals surface area contributed by atoms with Crippen molar-refractivity contribution in [3.8, 4) is 0 Å². The summed E-state index contributed by atoms with van der Waals surface area (Å²) in [7, 11) is 0. The minimum Gasteiger partial charge on any atom is -0.458 e. The normalized spacial score (nSPS) is 13.3. The van der Waals surface area contributed by atoms with Gasteiger partial charge in [0.2, 0.25) is 0 Å². The average Bonchev–Trinajstić information content (AvgIpc) is 2.65. The summed E-state index contributed by atoms with van der Waals surface area (Å²) in [5.74, 6) is -0.479. The molecule has 5 nitrogen and oxygen atoms in total. The van der Waals surface area contributed by atoms with Crippen molar-refractivity contribution < 1.29 is 19.1 Å². The molecule has 2 aromatic rings. The topological polar surface area (TPSA) is 64.6 Å². The molecule has 5 heteroatoms. The number of hydrogen-bond acceptors (Lipinski definition) is 4. The second-order valence-electron chi connectivity index (χ2n) is 8.01. The number of hydrogen-bond donors (Lipinski definition) is 1. The quantitative estimate of drug-likeness (QED) is 0.707. The molecule has 0 bridgehead atoms. The van der Waals surface area contributed by atoms with E-state index in [1.807, 2.05) is 60.7 Å². The molecule has 0 aliphatic carbocycles. The Labute approximate surface area is 167 Å². The van der Waals surface area contributed by atoms with Crippen LogP contribution in [0, 0.1) is 0 Å². The van der Waals surface area contributed by atoms with Gasteiger partial charge in [-0.05, 0) is 51.7 Å². The van der Waals surface area contributed by atoms with Crippen molar-refractivity contribution in [2.75, 3.05) is 0 Å². The third kappa shape index (κ3) is 7.06. The van der Waals surface area contributed by atoms with Gasteiger partial charge in [-0.1, -0.05) is 60.7 Å². The van der Waals surface area contributed by atoms with Crippen molar-refractivity contribution in [1.82, 2.24) is 5.32 Å². The Morgan fingerprint density at radius 3 is 1.93 bits per heavy atom. The molecule has 0 aliphatic rings. The smallest absolute Gasteiger partial charge is 0.408 e. The van der Waals surface area contributed by atoms with Crippen LogP contribution in [0.1, 0.15) is 45.2 Å². The lowest BCUT2D eigenvalue weighted by molar-refractivity contribution is -0.162. The fraction of sp³-hybridized carbons (Fsp3) is 0.391. The maximum absolute atomic E-state index is 12.8. The summed E-state index contributed by atoms with van der Waals surface area (Å²) in [6.07, 6.45) is 0.368. The zero-order valence-electron chi connectivity index (χ0n) is 17.0. The van der Waals surface area contributed by atoms with Crippen molar-refractivity contribution in [2.45, 2.75) is 58.3 Å². The molecule has 1 amide bonds. The van der Waals surface area contributed by atoms with E-state index in [9.17, 15) is 9.59 Å². The van der Waals surface area contributed by atoms with Gasteiger partial charge in [0.15, 0.2) is 0 Å². The predicted molar refractivity (Wildman–Crippen MR) is 109 cm³/mol. The van der Waals surface area contributed by atoms with Crippen molar-refractivity contribution in [1.29, 1.82) is 0 Å². The Balaban J connectivity index is 2.05. The SMILES string of the molecule is CC(C)(C)OC(=O)[C@@](C)(CCc1ccccc1)NC(=O)OCc1ccccc1. The van der Waals surface area contributed by atoms with E-state index in [0.717, 1.165) is 11.1 Å². The minimum absolute atomic E-state index is 0.135. The fourth-order valence-corrected chi connectivity index (χ4v) is 2.63. The highest BCUT2D eigenvalue weighted by Gasteiger charge is 2.39. The van der Waals surface area contributed by atoms with Crippen LogP contribution >= 0.6 is 0 Å². The number of rotatable bonds is 7. The monoisotopic (exact) mass is 383 g/mol. The van der Waals surface area contributed by atoms with Gasteiger partial charge in [0.25, 0.3) is 0 Å². The largest absolute Gasteiger partial charge is 0.458 e. The number of aryl methyl sites for hydroxylation is 1. The van der Waals surface area contributed by atoms with Gasteiger partial charge in [-0.2, -0.15) is 0 Å². The molecular formula is C23H29NO4. The van der Waals surface area contributed by atoms with Crippen LogP contribution in [0.15, 0.2) is 60.7 Å². The molecular weight excluding hydrogens is 354 g/mol. The third-order valence-electron chi connectivity index (χ3n) is 4.20. The van der Waals surface area contributed by atoms with Gasteiger partial charge in [-0.25, -0.2) is 9.59 Å². The average molecular weight is 383 g/mol. The van der Waals surface area contributed by atoms with Crippen molar-refractivity contribution in [3.05, 3.63) is 71.8 Å². The Bertz CT molecular complexity index is 768. The molecule has 0 spiro atoms. The molecule has 0 fully saturated rings. The predicted octanol–water partition coefficient (Wildman–Crippen LogP) is 4.65. The number of carbonyl (C=O) groups is 2. The molecule has 0 unspecified atom stereocenters. The van der Waals surface area contributed by atoms with E-state index in [0.29, 0.717) is 12.8 Å². The highest BCUT2D eigenvalue weighted by Crippen LogP contribution is 2.20. The molecule has 0 heterocycles. The summed E-state index contributed by atoms with van der Waals surface area (Å²) in [6, 6.07) is 19.2. The zero-order chi connectivity index (χ0) is 20.6. The molecule has 28 heavy (non-hydrogen) atoms. The van der Waals surface area contributed by atoms with Crippen LogP contribution in [0.25, 0.3) is 0 Å². The van der Waals surface area contributed by atoms with Crippen LogP contribution in [-0.2, 0) is 27.3 Å². The highest BCUT2D eigenvalue weighted by atomic mass is 16.6. The first-order valence-corrected chi connectivity index (χ1v) is 9.44. The van der Waals surface area contributed by atoms with Crippen LogP contribution < -0.4 is 5.32 Å². The number of nitrogens with one attached hydrogen (secondary N) is 1. The molecule has 1 atom stereocenters. The lowest BCUT2D eigenvalue weighted by atomic mass is 9.93. The van der Waals surface area contributed by atoms with E-state index in [4.69, 9.17) is 9.47 Å². The Morgan fingerprint density at radius 1 is 0.857 bits per heavy atom. The van der Waals surface area contributed by atoms with Gasteiger partial charge in [-0.15, -0.1) is 0 Å². The van der Waals surface area contributed by atoms with E-state index in [1.165, 1.54) is 0 Å². The zero-order valence-corrected chi connectivity index (χ0v) is 17.0. The summed E-state index contributed by atoms with van der Waals surface area (Å²) in [5.41, 5.74) is 0.107. The molecule has 0 aromatic heterocycles. The van der Waals surface area contributed by atoms with Crippen LogP contribution in [-0.4, -0.2) is 23.2 Å². The summed E-state index contributed by atoms with van der Waals surface area (Å²) in [4.78, 5) is 25.2.